The molecule has 0 radical (unpaired) electrons. The second-order valence-electron chi connectivity index (χ2n) is 7.75. The van der Waals surface area contributed by atoms with E-state index in [9.17, 15) is 9.90 Å². The number of aromatic hydroxyl groups is 1. The summed E-state index contributed by atoms with van der Waals surface area (Å²) < 4.78 is 0. The van der Waals surface area contributed by atoms with Crippen molar-refractivity contribution in [2.75, 3.05) is 6.54 Å². The van der Waals surface area contributed by atoms with Gasteiger partial charge in [-0.1, -0.05) is 37.5 Å². The van der Waals surface area contributed by atoms with Crippen LogP contribution in [-0.4, -0.2) is 26.5 Å². The quantitative estimate of drug-likeness (QED) is 0.887. The lowest BCUT2D eigenvalue weighted by Gasteiger charge is -2.29. The molecule has 0 saturated heterocycles. The van der Waals surface area contributed by atoms with Crippen molar-refractivity contribution in [1.29, 1.82) is 0 Å². The summed E-state index contributed by atoms with van der Waals surface area (Å²) in [7, 11) is 0. The molecule has 0 amide bonds. The highest BCUT2D eigenvalue weighted by atomic mass is 16.3. The van der Waals surface area contributed by atoms with Crippen LogP contribution in [0.2, 0.25) is 0 Å². The third-order valence-corrected chi connectivity index (χ3v) is 5.87. The van der Waals surface area contributed by atoms with Gasteiger partial charge in [0.05, 0.1) is 11.3 Å². The normalized spacial score (nSPS) is 18.7. The highest BCUT2D eigenvalue weighted by Crippen LogP contribution is 2.31. The molecule has 5 nitrogen and oxygen atoms in total. The van der Waals surface area contributed by atoms with E-state index in [1.165, 1.54) is 19.3 Å². The number of phenolic OH excluding ortho intramolecular Hbond substituents is 1. The summed E-state index contributed by atoms with van der Waals surface area (Å²) in [4.78, 5) is 22.8. The number of aryl methyl sites for hydroxylation is 1. The van der Waals surface area contributed by atoms with Crippen LogP contribution in [0.4, 0.5) is 0 Å². The molecule has 0 atom stereocenters. The topological polar surface area (TPSA) is 69.2 Å². The van der Waals surface area contributed by atoms with Crippen molar-refractivity contribution in [1.82, 2.24) is 14.9 Å². The molecular weight excluding hydrogens is 326 g/mol. The molecule has 1 aromatic carbocycles. The van der Waals surface area contributed by atoms with E-state index in [4.69, 9.17) is 4.98 Å². The van der Waals surface area contributed by atoms with E-state index in [-0.39, 0.29) is 5.56 Å². The van der Waals surface area contributed by atoms with Crippen molar-refractivity contribution in [3.05, 3.63) is 56.8 Å². The zero-order valence-corrected chi connectivity index (χ0v) is 15.4. The van der Waals surface area contributed by atoms with Gasteiger partial charge in [-0.2, -0.15) is 0 Å². The standard InChI is InChI=1S/C21H27N3O2/c1-14-6-5-9-16(19(14)25)12-24-11-10-18-17(13-24)21(26)23-20(22-18)15-7-3-2-4-8-15/h5-6,9,15,25H,2-4,7-8,10-13H2,1H3,(H,22,23,26). The van der Waals surface area contributed by atoms with Crippen LogP contribution in [0.3, 0.4) is 0 Å². The second-order valence-corrected chi connectivity index (χ2v) is 7.75. The number of benzene rings is 1. The fourth-order valence-corrected chi connectivity index (χ4v) is 4.29. The molecule has 1 aliphatic heterocycles. The van der Waals surface area contributed by atoms with Crippen LogP contribution >= 0.6 is 0 Å². The number of aromatic nitrogens is 2. The number of phenols is 1. The van der Waals surface area contributed by atoms with Crippen LogP contribution in [0.15, 0.2) is 23.0 Å². The third-order valence-electron chi connectivity index (χ3n) is 5.87. The van der Waals surface area contributed by atoms with Gasteiger partial charge >= 0.3 is 0 Å². The fraction of sp³-hybridized carbons (Fsp3) is 0.524. The van der Waals surface area contributed by atoms with Crippen molar-refractivity contribution >= 4 is 0 Å². The number of aromatic amines is 1. The first-order valence-corrected chi connectivity index (χ1v) is 9.73. The SMILES string of the molecule is Cc1cccc(CN2CCc3nc(C4CCCCC4)[nH]c(=O)c3C2)c1O. The van der Waals surface area contributed by atoms with Crippen LogP contribution in [0, 0.1) is 6.92 Å². The number of rotatable bonds is 3. The number of nitrogens with zero attached hydrogens (tertiary/aromatic N) is 2. The van der Waals surface area contributed by atoms with Crippen molar-refractivity contribution in [3.8, 4) is 5.75 Å². The van der Waals surface area contributed by atoms with Crippen LogP contribution in [-0.2, 0) is 19.5 Å². The van der Waals surface area contributed by atoms with Gasteiger partial charge in [-0.05, 0) is 25.3 Å². The largest absolute Gasteiger partial charge is 0.507 e. The smallest absolute Gasteiger partial charge is 0.255 e. The Balaban J connectivity index is 1.53. The van der Waals surface area contributed by atoms with Crippen molar-refractivity contribution in [2.45, 2.75) is 64.5 Å². The summed E-state index contributed by atoms with van der Waals surface area (Å²) in [6.45, 7) is 4.01. The minimum atomic E-state index is 0.0220. The van der Waals surface area contributed by atoms with Crippen molar-refractivity contribution in [3.63, 3.8) is 0 Å². The molecule has 2 N–H and O–H groups in total. The molecule has 1 fully saturated rings. The van der Waals surface area contributed by atoms with Crippen LogP contribution in [0.1, 0.15) is 66.2 Å². The van der Waals surface area contributed by atoms with Gasteiger partial charge < -0.3 is 10.1 Å². The molecule has 138 valence electrons. The molecule has 1 aromatic heterocycles. The van der Waals surface area contributed by atoms with Crippen LogP contribution in [0.5, 0.6) is 5.75 Å². The minimum Gasteiger partial charge on any atom is -0.507 e. The van der Waals surface area contributed by atoms with Crippen LogP contribution < -0.4 is 5.56 Å². The summed E-state index contributed by atoms with van der Waals surface area (Å²) in [5.41, 5.74) is 3.59. The highest BCUT2D eigenvalue weighted by Gasteiger charge is 2.25. The second kappa shape index (κ2) is 7.23. The Bertz CT molecular complexity index is 853. The Morgan fingerprint density at radius 2 is 2.08 bits per heavy atom. The van der Waals surface area contributed by atoms with Gasteiger partial charge in [0.1, 0.15) is 11.6 Å². The third kappa shape index (κ3) is 3.40. The molecule has 2 aromatic rings. The van der Waals surface area contributed by atoms with Crippen molar-refractivity contribution < 1.29 is 5.11 Å². The molecule has 1 aliphatic carbocycles. The summed E-state index contributed by atoms with van der Waals surface area (Å²) >= 11 is 0. The lowest BCUT2D eigenvalue weighted by molar-refractivity contribution is 0.238. The molecule has 0 spiro atoms. The average Bonchev–Trinajstić information content (AvgIpc) is 2.66. The maximum atomic E-state index is 12.7. The summed E-state index contributed by atoms with van der Waals surface area (Å²) in [5.74, 6) is 1.68. The molecule has 0 unspecified atom stereocenters. The Hall–Kier alpha value is -2.14. The molecule has 4 rings (SSSR count). The maximum absolute atomic E-state index is 12.7. The Morgan fingerprint density at radius 1 is 1.27 bits per heavy atom. The van der Waals surface area contributed by atoms with Gasteiger partial charge in [0.15, 0.2) is 0 Å². The molecule has 2 aliphatic rings. The zero-order valence-electron chi connectivity index (χ0n) is 15.4. The van der Waals surface area contributed by atoms with E-state index in [2.05, 4.69) is 9.88 Å². The minimum absolute atomic E-state index is 0.0220. The number of fused-ring (bicyclic) bond motifs is 1. The molecule has 26 heavy (non-hydrogen) atoms. The van der Waals surface area contributed by atoms with E-state index >= 15 is 0 Å². The summed E-state index contributed by atoms with van der Waals surface area (Å²) in [6.07, 6.45) is 6.84. The number of para-hydroxylation sites is 1. The summed E-state index contributed by atoms with van der Waals surface area (Å²) in [5, 5.41) is 10.3. The lowest BCUT2D eigenvalue weighted by Crippen LogP contribution is -2.36. The van der Waals surface area contributed by atoms with E-state index in [0.29, 0.717) is 24.8 Å². The van der Waals surface area contributed by atoms with E-state index in [0.717, 1.165) is 54.0 Å². The van der Waals surface area contributed by atoms with Gasteiger partial charge in [-0.15, -0.1) is 0 Å². The molecule has 1 saturated carbocycles. The van der Waals surface area contributed by atoms with Gasteiger partial charge in [-0.3, -0.25) is 9.69 Å². The molecule has 2 heterocycles. The Morgan fingerprint density at radius 3 is 2.88 bits per heavy atom. The highest BCUT2D eigenvalue weighted by molar-refractivity contribution is 5.39. The van der Waals surface area contributed by atoms with Crippen LogP contribution in [0.25, 0.3) is 0 Å². The first-order valence-electron chi connectivity index (χ1n) is 9.73. The molecular formula is C21H27N3O2. The van der Waals surface area contributed by atoms with Gasteiger partial charge in [-0.25, -0.2) is 4.98 Å². The van der Waals surface area contributed by atoms with Crippen molar-refractivity contribution in [2.24, 2.45) is 0 Å². The van der Waals surface area contributed by atoms with Gasteiger partial charge in [0, 0.05) is 37.5 Å². The molecule has 5 heteroatoms. The number of hydrogen-bond acceptors (Lipinski definition) is 4. The van der Waals surface area contributed by atoms with E-state index < -0.39 is 0 Å². The predicted octanol–water partition coefficient (Wildman–Crippen LogP) is 3.39. The lowest BCUT2D eigenvalue weighted by atomic mass is 9.88. The first-order chi connectivity index (χ1) is 12.6. The number of nitrogens with one attached hydrogen (secondary N) is 1. The van der Waals surface area contributed by atoms with E-state index in [1.807, 2.05) is 25.1 Å². The maximum Gasteiger partial charge on any atom is 0.255 e. The fourth-order valence-electron chi connectivity index (χ4n) is 4.29. The Kier molecular flexibility index (Phi) is 4.81. The first kappa shape index (κ1) is 17.3. The van der Waals surface area contributed by atoms with Gasteiger partial charge in [0.2, 0.25) is 0 Å². The predicted molar refractivity (Wildman–Crippen MR) is 101 cm³/mol. The van der Waals surface area contributed by atoms with Gasteiger partial charge in [0.25, 0.3) is 5.56 Å². The Labute approximate surface area is 154 Å². The van der Waals surface area contributed by atoms with E-state index in [1.54, 1.807) is 0 Å². The number of hydrogen-bond donors (Lipinski definition) is 2. The monoisotopic (exact) mass is 353 g/mol. The average molecular weight is 353 g/mol. The molecule has 0 bridgehead atoms. The zero-order chi connectivity index (χ0) is 18.1. The summed E-state index contributed by atoms with van der Waals surface area (Å²) in [6, 6.07) is 5.82. The number of H-pyrrole nitrogens is 1.